The number of nitrogens with one attached hydrogen (secondary N) is 1. The number of nitrogens with two attached hydrogens (primary N) is 1. The van der Waals surface area contributed by atoms with Crippen molar-refractivity contribution in [2.24, 2.45) is 0 Å². The van der Waals surface area contributed by atoms with Crippen molar-refractivity contribution in [3.05, 3.63) is 253 Å². The van der Waals surface area contributed by atoms with Crippen LogP contribution in [-0.2, 0) is 5.41 Å². The Morgan fingerprint density at radius 3 is 1.95 bits per heavy atom. The summed E-state index contributed by atoms with van der Waals surface area (Å²) in [6.07, 6.45) is 32.7. The molecule has 2 nitrogen and oxygen atoms in total. The lowest BCUT2D eigenvalue weighted by atomic mass is 9.64. The van der Waals surface area contributed by atoms with E-state index in [1.807, 2.05) is 98.9 Å². The number of rotatable bonds is 9. The first kappa shape index (κ1) is 44.7. The van der Waals surface area contributed by atoms with Crippen LogP contribution >= 0.6 is 0 Å². The molecule has 0 amide bonds. The van der Waals surface area contributed by atoms with E-state index in [0.717, 1.165) is 33.6 Å². The first-order chi connectivity index (χ1) is 26.7. The summed E-state index contributed by atoms with van der Waals surface area (Å²) in [7, 11) is 0. The summed E-state index contributed by atoms with van der Waals surface area (Å²) in [5.74, 6) is 0. The quantitative estimate of drug-likeness (QED) is 0.129. The first-order valence-electron chi connectivity index (χ1n) is 18.4. The van der Waals surface area contributed by atoms with Gasteiger partial charge in [-0.3, -0.25) is 0 Å². The number of fused-ring (bicyclic) bond motifs is 5. The molecule has 2 aliphatic rings. The third-order valence-corrected chi connectivity index (χ3v) is 9.17. The highest BCUT2D eigenvalue weighted by atomic mass is 14.5. The zero-order valence-electron chi connectivity index (χ0n) is 33.5. The van der Waals surface area contributed by atoms with Gasteiger partial charge in [0.15, 0.2) is 0 Å². The lowest BCUT2D eigenvalue weighted by molar-refractivity contribution is 0.758. The van der Waals surface area contributed by atoms with Crippen LogP contribution in [0.5, 0.6) is 0 Å². The van der Waals surface area contributed by atoms with Crippen LogP contribution in [0.25, 0.3) is 16.7 Å². The van der Waals surface area contributed by atoms with Crippen LogP contribution < -0.4 is 5.73 Å². The van der Waals surface area contributed by atoms with Gasteiger partial charge in [0.25, 0.3) is 0 Å². The molecule has 5 rings (SSSR count). The number of hydrogen-bond donors (Lipinski definition) is 2. The summed E-state index contributed by atoms with van der Waals surface area (Å²) in [6, 6.07) is 25.2. The molecule has 55 heavy (non-hydrogen) atoms. The van der Waals surface area contributed by atoms with Crippen molar-refractivity contribution in [1.82, 2.24) is 0 Å². The van der Waals surface area contributed by atoms with Gasteiger partial charge in [-0.1, -0.05) is 190 Å². The monoisotopic (exact) mass is 722 g/mol. The van der Waals surface area contributed by atoms with E-state index in [4.69, 9.17) is 11.1 Å². The molecule has 0 bridgehead atoms. The second-order valence-corrected chi connectivity index (χ2v) is 12.4. The van der Waals surface area contributed by atoms with Crippen molar-refractivity contribution < 1.29 is 0 Å². The zero-order chi connectivity index (χ0) is 40.8. The minimum absolute atomic E-state index is 0.450. The van der Waals surface area contributed by atoms with Crippen LogP contribution in [0.2, 0.25) is 0 Å². The lowest BCUT2D eigenvalue weighted by Gasteiger charge is -2.37. The molecule has 2 aliphatic carbocycles. The van der Waals surface area contributed by atoms with Crippen LogP contribution in [0.4, 0.5) is 5.69 Å². The molecule has 0 fully saturated rings. The number of nitrogen functional groups attached to an aromatic ring is 1. The average molecular weight is 723 g/mol. The topological polar surface area (TPSA) is 49.9 Å². The molecule has 1 atom stereocenters. The minimum atomic E-state index is -0.450. The van der Waals surface area contributed by atoms with Crippen molar-refractivity contribution in [3.63, 3.8) is 0 Å². The fourth-order valence-electron chi connectivity index (χ4n) is 6.63. The van der Waals surface area contributed by atoms with Crippen LogP contribution in [-0.4, -0.2) is 6.72 Å². The smallest absolute Gasteiger partial charge is 0.0715 e. The molecule has 1 spiro atoms. The molecule has 2 heteroatoms. The molecule has 3 aromatic carbocycles. The largest absolute Gasteiger partial charge is 0.399 e. The summed E-state index contributed by atoms with van der Waals surface area (Å²) in [4.78, 5) is 0. The Kier molecular flexibility index (Phi) is 18.8. The minimum Gasteiger partial charge on any atom is -0.399 e. The van der Waals surface area contributed by atoms with Crippen molar-refractivity contribution in [3.8, 4) is 11.1 Å². The first-order valence-corrected chi connectivity index (χ1v) is 18.4. The van der Waals surface area contributed by atoms with Gasteiger partial charge in [0.1, 0.15) is 0 Å². The molecule has 3 aromatic rings. The Balaban J connectivity index is 0.000000407. The maximum Gasteiger partial charge on any atom is 0.0715 e. The van der Waals surface area contributed by atoms with Gasteiger partial charge in [0.05, 0.1) is 5.41 Å². The normalized spacial score (nSPS) is 19.2. The molecule has 0 aromatic heterocycles. The molecule has 1 unspecified atom stereocenters. The Morgan fingerprint density at radius 2 is 1.40 bits per heavy atom. The van der Waals surface area contributed by atoms with Crippen LogP contribution in [0.3, 0.4) is 0 Å². The summed E-state index contributed by atoms with van der Waals surface area (Å²) in [5.41, 5.74) is 19.9. The molecular formula is C53H58N2. The standard InChI is InChI=1S/C34H32.C12H16.C6H7N.CH3N/c1-7-24(6)22-26(9-3)27-20-21-33-30(23-27)29-18-14-15-19-32(29)34(33)28(10-4)17-13-12-16-25(8-2)31(34)11-5;1-5-8-10-12(7-3)11(4)9-6-2;7-6-4-2-1-3-5-6;1-2/h7-23H,1-2,5H2,3-4,6H3;5-10H,3-4H2,1-2H3;1-5H,7H2;2H,1H2/b16-12-,17-13-,24-22-,26-9+,28-10-,31-25-;8-5-,9-6-,12-10+;;. The molecule has 3 N–H and O–H groups in total. The lowest BCUT2D eigenvalue weighted by Crippen LogP contribution is -2.30. The van der Waals surface area contributed by atoms with E-state index in [9.17, 15) is 0 Å². The predicted octanol–water partition coefficient (Wildman–Crippen LogP) is 14.6. The maximum atomic E-state index is 5.50. The van der Waals surface area contributed by atoms with E-state index in [2.05, 4.69) is 145 Å². The molecule has 280 valence electrons. The van der Waals surface area contributed by atoms with E-state index in [-0.39, 0.29) is 0 Å². The number of allylic oxidation sites excluding steroid dienone is 23. The highest BCUT2D eigenvalue weighted by Gasteiger charge is 2.47. The van der Waals surface area contributed by atoms with Crippen molar-refractivity contribution in [2.75, 3.05) is 5.73 Å². The predicted molar refractivity (Wildman–Crippen MR) is 247 cm³/mol. The zero-order valence-corrected chi connectivity index (χ0v) is 33.5. The highest BCUT2D eigenvalue weighted by molar-refractivity contribution is 5.90. The Bertz CT molecular complexity index is 2110. The molecule has 0 radical (unpaired) electrons. The number of para-hydroxylation sites is 1. The van der Waals surface area contributed by atoms with Crippen molar-refractivity contribution >= 4 is 18.0 Å². The summed E-state index contributed by atoms with van der Waals surface area (Å²) >= 11 is 0. The molecule has 0 heterocycles. The molecule has 0 saturated heterocycles. The van der Waals surface area contributed by atoms with Gasteiger partial charge in [0.2, 0.25) is 0 Å². The fraction of sp³-hybridized carbons (Fsp3) is 0.113. The molecule has 0 aliphatic heterocycles. The van der Waals surface area contributed by atoms with E-state index in [0.29, 0.717) is 0 Å². The maximum absolute atomic E-state index is 5.50. The molecule has 0 saturated carbocycles. The number of benzene rings is 3. The Morgan fingerprint density at radius 1 is 0.745 bits per heavy atom. The van der Waals surface area contributed by atoms with E-state index in [1.54, 1.807) is 0 Å². The number of hydrogen-bond acceptors (Lipinski definition) is 2. The van der Waals surface area contributed by atoms with Gasteiger partial charge in [-0.05, 0) is 121 Å². The molecular weight excluding hydrogens is 665 g/mol. The summed E-state index contributed by atoms with van der Waals surface area (Å²) in [5, 5.41) is 5.50. The Hall–Kier alpha value is -6.51. The Labute approximate surface area is 332 Å². The van der Waals surface area contributed by atoms with E-state index < -0.39 is 5.41 Å². The third-order valence-electron chi connectivity index (χ3n) is 9.17. The van der Waals surface area contributed by atoms with Crippen molar-refractivity contribution in [1.29, 1.82) is 5.41 Å². The third kappa shape index (κ3) is 10.8. The summed E-state index contributed by atoms with van der Waals surface area (Å²) < 4.78 is 0. The summed E-state index contributed by atoms with van der Waals surface area (Å²) in [6.45, 7) is 32.7. The van der Waals surface area contributed by atoms with Gasteiger partial charge in [-0.25, -0.2) is 0 Å². The highest BCUT2D eigenvalue weighted by Crippen LogP contribution is 2.58. The van der Waals surface area contributed by atoms with E-state index in [1.165, 1.54) is 39.0 Å². The SMILES string of the molecule is C=C/C(=C\C=C/C)C(=C)/C=C\C.C=C/C(C)=C\C(=C/C)c1ccc2c(c1)-c1ccccc1C21C(=C\C)/C=C\C=C/C(C=C)=C\1C=C.C=N.Nc1ccccc1. The van der Waals surface area contributed by atoms with Gasteiger partial charge >= 0.3 is 0 Å². The average Bonchev–Trinajstić information content (AvgIpc) is 3.50. The second kappa shape index (κ2) is 23.2. The van der Waals surface area contributed by atoms with Gasteiger partial charge in [-0.15, -0.1) is 0 Å². The van der Waals surface area contributed by atoms with Crippen molar-refractivity contribution in [2.45, 2.75) is 40.0 Å². The van der Waals surface area contributed by atoms with Crippen LogP contribution in [0.15, 0.2) is 236 Å². The van der Waals surface area contributed by atoms with Gasteiger partial charge in [-0.2, -0.15) is 0 Å². The fourth-order valence-corrected chi connectivity index (χ4v) is 6.63. The number of anilines is 1. The van der Waals surface area contributed by atoms with Gasteiger partial charge in [0, 0.05) is 5.69 Å². The van der Waals surface area contributed by atoms with Crippen LogP contribution in [0, 0.1) is 5.41 Å². The second-order valence-electron chi connectivity index (χ2n) is 12.4. The van der Waals surface area contributed by atoms with E-state index >= 15 is 0 Å². The van der Waals surface area contributed by atoms with Gasteiger partial charge < -0.3 is 11.1 Å². The van der Waals surface area contributed by atoms with Crippen LogP contribution in [0.1, 0.15) is 51.3 Å².